The fraction of sp³-hybridized carbons (Fsp3) is 0.318. The van der Waals surface area contributed by atoms with E-state index in [1.807, 2.05) is 53.4 Å². The topological polar surface area (TPSA) is 72.1 Å². The van der Waals surface area contributed by atoms with Crippen LogP contribution in [0, 0.1) is 0 Å². The van der Waals surface area contributed by atoms with E-state index in [0.29, 0.717) is 12.3 Å². The number of rotatable bonds is 4. The van der Waals surface area contributed by atoms with Gasteiger partial charge in [-0.2, -0.15) is 0 Å². The van der Waals surface area contributed by atoms with E-state index in [4.69, 9.17) is 5.73 Å². The maximum absolute atomic E-state index is 12.7. The van der Waals surface area contributed by atoms with E-state index >= 15 is 0 Å². The number of halogens is 2. The standard InChI is InChI=1S/C22H24N4O.2ClH/c23-19(14-16-6-2-1-3-7-16)22(27)26-12-10-17(11-13-26)21-18-8-4-5-9-20(18)24-15-25-21;;/h1-9,15,17,19H,10-14,23H2;2*1H/t19-;;/m1../s1. The molecule has 0 radical (unpaired) electrons. The minimum absolute atomic E-state index is 0. The Morgan fingerprint density at radius 2 is 1.66 bits per heavy atom. The highest BCUT2D eigenvalue weighted by atomic mass is 35.5. The van der Waals surface area contributed by atoms with Gasteiger partial charge in [0.05, 0.1) is 17.3 Å². The van der Waals surface area contributed by atoms with Crippen molar-refractivity contribution < 1.29 is 4.79 Å². The molecule has 0 spiro atoms. The van der Waals surface area contributed by atoms with Crippen LogP contribution < -0.4 is 5.73 Å². The summed E-state index contributed by atoms with van der Waals surface area (Å²) in [4.78, 5) is 23.5. The fourth-order valence-corrected chi connectivity index (χ4v) is 3.91. The molecule has 1 fully saturated rings. The Hall–Kier alpha value is -2.21. The molecule has 154 valence electrons. The highest BCUT2D eigenvalue weighted by Gasteiger charge is 2.28. The van der Waals surface area contributed by atoms with Crippen molar-refractivity contribution in [2.75, 3.05) is 13.1 Å². The molecule has 1 atom stereocenters. The monoisotopic (exact) mass is 432 g/mol. The summed E-state index contributed by atoms with van der Waals surface area (Å²) in [6.07, 6.45) is 4.04. The summed E-state index contributed by atoms with van der Waals surface area (Å²) in [5, 5.41) is 1.12. The maximum atomic E-state index is 12.7. The summed E-state index contributed by atoms with van der Waals surface area (Å²) in [5.74, 6) is 0.400. The van der Waals surface area contributed by atoms with Crippen molar-refractivity contribution in [1.82, 2.24) is 14.9 Å². The van der Waals surface area contributed by atoms with E-state index in [1.54, 1.807) is 6.33 Å². The Bertz CT molecular complexity index is 925. The van der Waals surface area contributed by atoms with E-state index < -0.39 is 6.04 Å². The predicted molar refractivity (Wildman–Crippen MR) is 121 cm³/mol. The van der Waals surface area contributed by atoms with E-state index in [-0.39, 0.29) is 30.7 Å². The number of fused-ring (bicyclic) bond motifs is 1. The normalized spacial score (nSPS) is 15.3. The lowest BCUT2D eigenvalue weighted by Gasteiger charge is -2.33. The second-order valence-electron chi connectivity index (χ2n) is 7.17. The van der Waals surface area contributed by atoms with E-state index in [2.05, 4.69) is 16.0 Å². The zero-order valence-corrected chi connectivity index (χ0v) is 17.7. The molecule has 0 saturated carbocycles. The first-order valence-corrected chi connectivity index (χ1v) is 9.50. The lowest BCUT2D eigenvalue weighted by atomic mass is 9.90. The van der Waals surface area contributed by atoms with Crippen LogP contribution >= 0.6 is 24.8 Å². The third-order valence-corrected chi connectivity index (χ3v) is 5.38. The molecule has 0 unspecified atom stereocenters. The van der Waals surface area contributed by atoms with Gasteiger partial charge in [-0.05, 0) is 30.9 Å². The van der Waals surface area contributed by atoms with Crippen molar-refractivity contribution in [1.29, 1.82) is 0 Å². The van der Waals surface area contributed by atoms with Gasteiger partial charge in [-0.15, -0.1) is 24.8 Å². The van der Waals surface area contributed by atoms with Crippen LogP contribution in [0.1, 0.15) is 30.0 Å². The van der Waals surface area contributed by atoms with Crippen LogP contribution in [0.3, 0.4) is 0 Å². The van der Waals surface area contributed by atoms with Crippen molar-refractivity contribution in [3.63, 3.8) is 0 Å². The molecule has 1 aromatic heterocycles. The lowest BCUT2D eigenvalue weighted by Crippen LogP contribution is -2.47. The zero-order valence-electron chi connectivity index (χ0n) is 16.1. The molecule has 0 aliphatic carbocycles. The van der Waals surface area contributed by atoms with Gasteiger partial charge in [-0.25, -0.2) is 9.97 Å². The van der Waals surface area contributed by atoms with Gasteiger partial charge >= 0.3 is 0 Å². The number of hydrogen-bond acceptors (Lipinski definition) is 4. The highest BCUT2D eigenvalue weighted by Crippen LogP contribution is 2.31. The smallest absolute Gasteiger partial charge is 0.239 e. The second-order valence-corrected chi connectivity index (χ2v) is 7.17. The van der Waals surface area contributed by atoms with Gasteiger partial charge < -0.3 is 10.6 Å². The number of nitrogens with two attached hydrogens (primary N) is 1. The molecule has 4 rings (SSSR count). The summed E-state index contributed by atoms with van der Waals surface area (Å²) in [6, 6.07) is 17.6. The van der Waals surface area contributed by atoms with Gasteiger partial charge in [-0.3, -0.25) is 4.79 Å². The molecular weight excluding hydrogens is 407 g/mol. The van der Waals surface area contributed by atoms with E-state index in [0.717, 1.165) is 48.1 Å². The number of piperidine rings is 1. The van der Waals surface area contributed by atoms with Crippen LogP contribution in [-0.2, 0) is 11.2 Å². The molecule has 3 aromatic rings. The first-order valence-electron chi connectivity index (χ1n) is 9.50. The van der Waals surface area contributed by atoms with Gasteiger partial charge in [0.1, 0.15) is 6.33 Å². The molecule has 1 aliphatic rings. The van der Waals surface area contributed by atoms with Gasteiger partial charge in [0.2, 0.25) is 5.91 Å². The van der Waals surface area contributed by atoms with Gasteiger partial charge in [0.15, 0.2) is 0 Å². The van der Waals surface area contributed by atoms with Crippen LogP contribution in [0.15, 0.2) is 60.9 Å². The van der Waals surface area contributed by atoms with E-state index in [9.17, 15) is 4.79 Å². The van der Waals surface area contributed by atoms with E-state index in [1.165, 1.54) is 0 Å². The van der Waals surface area contributed by atoms with Crippen LogP contribution in [-0.4, -0.2) is 39.9 Å². The molecule has 1 aliphatic heterocycles. The van der Waals surface area contributed by atoms with Crippen LogP contribution in [0.4, 0.5) is 0 Å². The summed E-state index contributed by atoms with van der Waals surface area (Å²) < 4.78 is 0. The summed E-state index contributed by atoms with van der Waals surface area (Å²) in [5.41, 5.74) is 9.36. The number of likely N-dealkylation sites (tertiary alicyclic amines) is 1. The highest BCUT2D eigenvalue weighted by molar-refractivity contribution is 5.85. The average Bonchev–Trinajstić information content (AvgIpc) is 2.73. The second kappa shape index (κ2) is 10.5. The predicted octanol–water partition coefficient (Wildman–Crippen LogP) is 3.75. The average molecular weight is 433 g/mol. The summed E-state index contributed by atoms with van der Waals surface area (Å²) in [7, 11) is 0. The third kappa shape index (κ3) is 5.24. The zero-order chi connectivity index (χ0) is 18.6. The maximum Gasteiger partial charge on any atom is 0.239 e. The minimum Gasteiger partial charge on any atom is -0.341 e. The number of carbonyl (C=O) groups excluding carboxylic acids is 1. The molecule has 1 saturated heterocycles. The van der Waals surface area contributed by atoms with Crippen molar-refractivity contribution in [3.8, 4) is 0 Å². The number of amides is 1. The summed E-state index contributed by atoms with van der Waals surface area (Å²) >= 11 is 0. The fourth-order valence-electron chi connectivity index (χ4n) is 3.91. The van der Waals surface area contributed by atoms with Crippen LogP contribution in [0.5, 0.6) is 0 Å². The Labute approximate surface area is 183 Å². The summed E-state index contributed by atoms with van der Waals surface area (Å²) in [6.45, 7) is 1.45. The Balaban J connectivity index is 0.00000150. The molecular formula is C22H26Cl2N4O. The molecule has 2 heterocycles. The Morgan fingerprint density at radius 1 is 1.00 bits per heavy atom. The number of hydrogen-bond donors (Lipinski definition) is 1. The van der Waals surface area contributed by atoms with Crippen molar-refractivity contribution in [2.45, 2.75) is 31.2 Å². The first kappa shape index (κ1) is 23.1. The molecule has 5 nitrogen and oxygen atoms in total. The van der Waals surface area contributed by atoms with Crippen molar-refractivity contribution in [2.24, 2.45) is 5.73 Å². The molecule has 2 aromatic carbocycles. The molecule has 1 amide bonds. The minimum atomic E-state index is -0.483. The van der Waals surface area contributed by atoms with Gasteiger partial charge in [-0.1, -0.05) is 48.5 Å². The molecule has 7 heteroatoms. The van der Waals surface area contributed by atoms with Gasteiger partial charge in [0, 0.05) is 24.4 Å². The number of benzene rings is 2. The van der Waals surface area contributed by atoms with Crippen molar-refractivity contribution in [3.05, 3.63) is 72.2 Å². The third-order valence-electron chi connectivity index (χ3n) is 5.38. The molecule has 29 heavy (non-hydrogen) atoms. The Kier molecular flexibility index (Phi) is 8.38. The van der Waals surface area contributed by atoms with Crippen LogP contribution in [0.2, 0.25) is 0 Å². The Morgan fingerprint density at radius 3 is 2.38 bits per heavy atom. The molecule has 0 bridgehead atoms. The number of carbonyl (C=O) groups is 1. The number of nitrogens with zero attached hydrogens (tertiary/aromatic N) is 3. The quantitative estimate of drug-likeness (QED) is 0.680. The van der Waals surface area contributed by atoms with Crippen LogP contribution in [0.25, 0.3) is 10.9 Å². The number of para-hydroxylation sites is 1. The SMILES string of the molecule is Cl.Cl.N[C@H](Cc1ccccc1)C(=O)N1CCC(c2ncnc3ccccc23)CC1. The number of aromatic nitrogens is 2. The first-order chi connectivity index (χ1) is 13.2. The largest absolute Gasteiger partial charge is 0.341 e. The molecule has 2 N–H and O–H groups in total. The lowest BCUT2D eigenvalue weighted by molar-refractivity contribution is -0.133. The van der Waals surface area contributed by atoms with Crippen molar-refractivity contribution >= 4 is 41.6 Å². The van der Waals surface area contributed by atoms with Gasteiger partial charge in [0.25, 0.3) is 0 Å².